The second-order valence-electron chi connectivity index (χ2n) is 4.31. The van der Waals surface area contributed by atoms with Gasteiger partial charge in [0.2, 0.25) is 0 Å². The molecule has 1 heterocycles. The molecule has 0 saturated heterocycles. The van der Waals surface area contributed by atoms with Gasteiger partial charge in [-0.25, -0.2) is 4.79 Å². The van der Waals surface area contributed by atoms with E-state index < -0.39 is 6.04 Å². The van der Waals surface area contributed by atoms with Crippen LogP contribution >= 0.6 is 27.3 Å². The van der Waals surface area contributed by atoms with Gasteiger partial charge < -0.3 is 10.1 Å². The minimum Gasteiger partial charge on any atom is -0.464 e. The van der Waals surface area contributed by atoms with E-state index in [0.29, 0.717) is 6.61 Å². The van der Waals surface area contributed by atoms with Crippen molar-refractivity contribution < 1.29 is 9.53 Å². The van der Waals surface area contributed by atoms with Gasteiger partial charge in [0.1, 0.15) is 0 Å². The highest BCUT2D eigenvalue weighted by molar-refractivity contribution is 9.10. The molecule has 0 aliphatic carbocycles. The standard InChI is InChI=1S/C15H16BrNO2S/c1-3-19-15(18)13(14-10(2)7-8-20-14)17-12-6-4-5-11(16)9-12/h4-9,13,17H,3H2,1-2H3. The first kappa shape index (κ1) is 15.1. The minimum absolute atomic E-state index is 0.252. The van der Waals surface area contributed by atoms with Crippen molar-refractivity contribution in [3.8, 4) is 0 Å². The third kappa shape index (κ3) is 3.61. The minimum atomic E-state index is -0.468. The smallest absolute Gasteiger partial charge is 0.334 e. The first-order valence-electron chi connectivity index (χ1n) is 6.34. The molecule has 1 unspecified atom stereocenters. The number of anilines is 1. The first-order chi connectivity index (χ1) is 9.61. The average molecular weight is 354 g/mol. The molecule has 0 amide bonds. The van der Waals surface area contributed by atoms with Crippen LogP contribution in [-0.4, -0.2) is 12.6 Å². The van der Waals surface area contributed by atoms with Gasteiger partial charge in [-0.3, -0.25) is 0 Å². The third-order valence-electron chi connectivity index (χ3n) is 2.82. The third-order valence-corrected chi connectivity index (χ3v) is 4.40. The molecule has 1 aromatic heterocycles. The summed E-state index contributed by atoms with van der Waals surface area (Å²) in [5.74, 6) is -0.252. The van der Waals surface area contributed by atoms with E-state index in [9.17, 15) is 4.79 Å². The van der Waals surface area contributed by atoms with Crippen molar-refractivity contribution in [2.45, 2.75) is 19.9 Å². The molecule has 2 aromatic rings. The molecule has 0 aliphatic rings. The number of hydrogen-bond acceptors (Lipinski definition) is 4. The van der Waals surface area contributed by atoms with Crippen LogP contribution in [0, 0.1) is 6.92 Å². The molecule has 3 nitrogen and oxygen atoms in total. The first-order valence-corrected chi connectivity index (χ1v) is 8.01. The zero-order valence-electron chi connectivity index (χ0n) is 11.4. The Morgan fingerprint density at radius 2 is 2.25 bits per heavy atom. The number of ether oxygens (including phenoxy) is 1. The highest BCUT2D eigenvalue weighted by Gasteiger charge is 2.24. The maximum absolute atomic E-state index is 12.2. The zero-order valence-corrected chi connectivity index (χ0v) is 13.8. The SMILES string of the molecule is CCOC(=O)C(Nc1cccc(Br)c1)c1sccc1C. The highest BCUT2D eigenvalue weighted by atomic mass is 79.9. The summed E-state index contributed by atoms with van der Waals surface area (Å²) in [6, 6.07) is 9.28. The van der Waals surface area contributed by atoms with Crippen LogP contribution in [0.4, 0.5) is 5.69 Å². The fraction of sp³-hybridized carbons (Fsp3) is 0.267. The molecule has 1 atom stereocenters. The largest absolute Gasteiger partial charge is 0.464 e. The average Bonchev–Trinajstić information content (AvgIpc) is 2.82. The van der Waals surface area contributed by atoms with Crippen LogP contribution in [0.3, 0.4) is 0 Å². The van der Waals surface area contributed by atoms with E-state index >= 15 is 0 Å². The summed E-state index contributed by atoms with van der Waals surface area (Å²) in [5, 5.41) is 5.24. The fourth-order valence-electron chi connectivity index (χ4n) is 1.88. The van der Waals surface area contributed by atoms with Crippen LogP contribution in [0.5, 0.6) is 0 Å². The van der Waals surface area contributed by atoms with Gasteiger partial charge in [-0.1, -0.05) is 22.0 Å². The summed E-state index contributed by atoms with van der Waals surface area (Å²) in [6.07, 6.45) is 0. The van der Waals surface area contributed by atoms with Crippen molar-refractivity contribution in [2.24, 2.45) is 0 Å². The molecular formula is C15H16BrNO2S. The van der Waals surface area contributed by atoms with E-state index in [1.54, 1.807) is 11.3 Å². The second-order valence-corrected chi connectivity index (χ2v) is 6.17. The Labute approximate surface area is 131 Å². The Morgan fingerprint density at radius 3 is 2.85 bits per heavy atom. The van der Waals surface area contributed by atoms with Crippen LogP contribution in [-0.2, 0) is 9.53 Å². The fourth-order valence-corrected chi connectivity index (χ4v) is 3.25. The molecule has 20 heavy (non-hydrogen) atoms. The number of carbonyl (C=O) groups is 1. The van der Waals surface area contributed by atoms with E-state index in [1.807, 2.05) is 49.6 Å². The van der Waals surface area contributed by atoms with Crippen molar-refractivity contribution in [1.82, 2.24) is 0 Å². The Morgan fingerprint density at radius 1 is 1.45 bits per heavy atom. The maximum Gasteiger partial charge on any atom is 0.334 e. The number of benzene rings is 1. The topological polar surface area (TPSA) is 38.3 Å². The van der Waals surface area contributed by atoms with Crippen LogP contribution < -0.4 is 5.32 Å². The van der Waals surface area contributed by atoms with Crippen LogP contribution in [0.15, 0.2) is 40.2 Å². The molecule has 2 rings (SSSR count). The normalized spacial score (nSPS) is 11.9. The molecular weight excluding hydrogens is 338 g/mol. The van der Waals surface area contributed by atoms with Crippen molar-refractivity contribution >= 4 is 38.9 Å². The molecule has 1 N–H and O–H groups in total. The zero-order chi connectivity index (χ0) is 14.5. The lowest BCUT2D eigenvalue weighted by Gasteiger charge is -2.18. The van der Waals surface area contributed by atoms with Gasteiger partial charge in [0.05, 0.1) is 6.61 Å². The van der Waals surface area contributed by atoms with Crippen LogP contribution in [0.1, 0.15) is 23.4 Å². The van der Waals surface area contributed by atoms with E-state index in [4.69, 9.17) is 4.74 Å². The molecule has 0 bridgehead atoms. The van der Waals surface area contributed by atoms with E-state index in [1.165, 1.54) is 0 Å². The number of halogens is 1. The summed E-state index contributed by atoms with van der Waals surface area (Å²) in [4.78, 5) is 13.2. The predicted molar refractivity (Wildman–Crippen MR) is 86.2 cm³/mol. The quantitative estimate of drug-likeness (QED) is 0.802. The molecule has 106 valence electrons. The van der Waals surface area contributed by atoms with Crippen LogP contribution in [0.2, 0.25) is 0 Å². The van der Waals surface area contributed by atoms with Gasteiger partial charge >= 0.3 is 5.97 Å². The highest BCUT2D eigenvalue weighted by Crippen LogP contribution is 2.29. The Bertz CT molecular complexity index is 597. The summed E-state index contributed by atoms with van der Waals surface area (Å²) in [6.45, 7) is 4.19. The number of esters is 1. The molecule has 0 fully saturated rings. The molecule has 0 spiro atoms. The summed E-state index contributed by atoms with van der Waals surface area (Å²) in [7, 11) is 0. The Balaban J connectivity index is 2.28. The number of carbonyl (C=O) groups excluding carboxylic acids is 1. The van der Waals surface area contributed by atoms with E-state index in [2.05, 4.69) is 21.2 Å². The van der Waals surface area contributed by atoms with Gasteiger partial charge in [0.15, 0.2) is 6.04 Å². The summed E-state index contributed by atoms with van der Waals surface area (Å²) in [5.41, 5.74) is 1.97. The van der Waals surface area contributed by atoms with Gasteiger partial charge in [-0.15, -0.1) is 11.3 Å². The summed E-state index contributed by atoms with van der Waals surface area (Å²) >= 11 is 4.99. The van der Waals surface area contributed by atoms with Crippen molar-refractivity contribution in [1.29, 1.82) is 0 Å². The number of nitrogens with one attached hydrogen (secondary N) is 1. The lowest BCUT2D eigenvalue weighted by Crippen LogP contribution is -2.23. The lowest BCUT2D eigenvalue weighted by atomic mass is 10.1. The monoisotopic (exact) mass is 353 g/mol. The van der Waals surface area contributed by atoms with Gasteiger partial charge in [0.25, 0.3) is 0 Å². The van der Waals surface area contributed by atoms with Crippen LogP contribution in [0.25, 0.3) is 0 Å². The molecule has 5 heteroatoms. The molecule has 0 saturated carbocycles. The lowest BCUT2D eigenvalue weighted by molar-refractivity contribution is -0.144. The van der Waals surface area contributed by atoms with E-state index in [0.717, 1.165) is 20.6 Å². The molecule has 0 aliphatic heterocycles. The number of hydrogen-bond donors (Lipinski definition) is 1. The van der Waals surface area contributed by atoms with Crippen molar-refractivity contribution in [3.63, 3.8) is 0 Å². The molecule has 1 aromatic carbocycles. The maximum atomic E-state index is 12.2. The Hall–Kier alpha value is -1.33. The Kier molecular flexibility index (Phi) is 5.20. The van der Waals surface area contributed by atoms with Crippen molar-refractivity contribution in [3.05, 3.63) is 50.6 Å². The van der Waals surface area contributed by atoms with Gasteiger partial charge in [-0.05, 0) is 49.1 Å². The van der Waals surface area contributed by atoms with Crippen molar-refractivity contribution in [2.75, 3.05) is 11.9 Å². The van der Waals surface area contributed by atoms with Gasteiger partial charge in [0, 0.05) is 15.0 Å². The summed E-state index contributed by atoms with van der Waals surface area (Å²) < 4.78 is 6.14. The number of thiophene rings is 1. The van der Waals surface area contributed by atoms with Gasteiger partial charge in [-0.2, -0.15) is 0 Å². The predicted octanol–water partition coefficient (Wildman–Crippen LogP) is 4.54. The number of rotatable bonds is 5. The van der Waals surface area contributed by atoms with E-state index in [-0.39, 0.29) is 5.97 Å². The second kappa shape index (κ2) is 6.90. The number of aryl methyl sites for hydroxylation is 1. The molecule has 0 radical (unpaired) electrons.